The van der Waals surface area contributed by atoms with Crippen molar-refractivity contribution in [1.82, 2.24) is 10.2 Å². The number of sulfonamides is 1. The first-order valence-electron chi connectivity index (χ1n) is 9.69. The molecule has 2 aromatic rings. The maximum atomic E-state index is 12.9. The SMILES string of the molecule is CCCNC(=O)C1CCCN1C(=O)c1ccc(NS(=O)(=O)c2ccccc2)cc1. The molecule has 1 saturated heterocycles. The van der Waals surface area contributed by atoms with E-state index in [0.717, 1.165) is 12.8 Å². The van der Waals surface area contributed by atoms with E-state index in [1.807, 2.05) is 6.92 Å². The second-order valence-corrected chi connectivity index (χ2v) is 8.63. The number of amides is 2. The molecular formula is C21H25N3O4S. The van der Waals surface area contributed by atoms with E-state index >= 15 is 0 Å². The molecule has 0 bridgehead atoms. The lowest BCUT2D eigenvalue weighted by atomic mass is 10.1. The summed E-state index contributed by atoms with van der Waals surface area (Å²) in [5.41, 5.74) is 0.784. The molecule has 2 aromatic carbocycles. The zero-order valence-electron chi connectivity index (χ0n) is 16.3. The summed E-state index contributed by atoms with van der Waals surface area (Å²) in [4.78, 5) is 26.9. The number of carbonyl (C=O) groups excluding carboxylic acids is 2. The van der Waals surface area contributed by atoms with Crippen LogP contribution in [0, 0.1) is 0 Å². The molecule has 1 unspecified atom stereocenters. The lowest BCUT2D eigenvalue weighted by Gasteiger charge is -2.24. The zero-order valence-corrected chi connectivity index (χ0v) is 17.1. The molecule has 0 radical (unpaired) electrons. The molecule has 7 nitrogen and oxygen atoms in total. The predicted molar refractivity (Wildman–Crippen MR) is 111 cm³/mol. The summed E-state index contributed by atoms with van der Waals surface area (Å²) in [7, 11) is -3.69. The average molecular weight is 416 g/mol. The van der Waals surface area contributed by atoms with Crippen LogP contribution in [0.2, 0.25) is 0 Å². The van der Waals surface area contributed by atoms with Crippen molar-refractivity contribution in [3.8, 4) is 0 Å². The highest BCUT2D eigenvalue weighted by atomic mass is 32.2. The lowest BCUT2D eigenvalue weighted by molar-refractivity contribution is -0.124. The molecule has 29 heavy (non-hydrogen) atoms. The quantitative estimate of drug-likeness (QED) is 0.727. The van der Waals surface area contributed by atoms with Crippen LogP contribution in [0.15, 0.2) is 59.5 Å². The van der Waals surface area contributed by atoms with Gasteiger partial charge in [0.2, 0.25) is 5.91 Å². The molecule has 0 spiro atoms. The fraction of sp³-hybridized carbons (Fsp3) is 0.333. The predicted octanol–water partition coefficient (Wildman–Crippen LogP) is 2.62. The molecule has 1 heterocycles. The number of hydrogen-bond donors (Lipinski definition) is 2. The van der Waals surface area contributed by atoms with E-state index in [1.165, 1.54) is 12.1 Å². The molecule has 1 atom stereocenters. The van der Waals surface area contributed by atoms with Crippen LogP contribution in [0.4, 0.5) is 5.69 Å². The third-order valence-electron chi connectivity index (χ3n) is 4.80. The number of hydrogen-bond acceptors (Lipinski definition) is 4. The van der Waals surface area contributed by atoms with Gasteiger partial charge in [0.25, 0.3) is 15.9 Å². The minimum atomic E-state index is -3.69. The van der Waals surface area contributed by atoms with E-state index < -0.39 is 16.1 Å². The monoisotopic (exact) mass is 415 g/mol. The highest BCUT2D eigenvalue weighted by Gasteiger charge is 2.34. The molecule has 2 amide bonds. The van der Waals surface area contributed by atoms with Crippen molar-refractivity contribution in [2.24, 2.45) is 0 Å². The molecule has 1 fully saturated rings. The van der Waals surface area contributed by atoms with Crippen molar-refractivity contribution in [3.63, 3.8) is 0 Å². The molecule has 3 rings (SSSR count). The number of rotatable bonds is 7. The topological polar surface area (TPSA) is 95.6 Å². The number of likely N-dealkylation sites (tertiary alicyclic amines) is 1. The maximum Gasteiger partial charge on any atom is 0.261 e. The van der Waals surface area contributed by atoms with E-state index in [0.29, 0.717) is 30.8 Å². The fourth-order valence-corrected chi connectivity index (χ4v) is 4.39. The van der Waals surface area contributed by atoms with Crippen LogP contribution in [0.25, 0.3) is 0 Å². The normalized spacial score (nSPS) is 16.4. The van der Waals surface area contributed by atoms with Gasteiger partial charge in [-0.2, -0.15) is 0 Å². The van der Waals surface area contributed by atoms with Gasteiger partial charge < -0.3 is 10.2 Å². The van der Waals surface area contributed by atoms with Crippen LogP contribution in [0.1, 0.15) is 36.5 Å². The van der Waals surface area contributed by atoms with Crippen molar-refractivity contribution in [3.05, 3.63) is 60.2 Å². The Kier molecular flexibility index (Phi) is 6.53. The van der Waals surface area contributed by atoms with E-state index in [9.17, 15) is 18.0 Å². The van der Waals surface area contributed by atoms with Crippen molar-refractivity contribution < 1.29 is 18.0 Å². The first-order chi connectivity index (χ1) is 13.9. The Labute approximate surface area is 171 Å². The average Bonchev–Trinajstić information content (AvgIpc) is 3.22. The molecule has 154 valence electrons. The third kappa shape index (κ3) is 4.95. The summed E-state index contributed by atoms with van der Waals surface area (Å²) in [6, 6.07) is 13.9. The molecule has 0 aromatic heterocycles. The second-order valence-electron chi connectivity index (χ2n) is 6.94. The number of anilines is 1. The van der Waals surface area contributed by atoms with Gasteiger partial charge >= 0.3 is 0 Å². The van der Waals surface area contributed by atoms with Crippen molar-refractivity contribution in [2.75, 3.05) is 17.8 Å². The summed E-state index contributed by atoms with van der Waals surface area (Å²) in [6.07, 6.45) is 2.27. The van der Waals surface area contributed by atoms with E-state index in [-0.39, 0.29) is 16.7 Å². The highest BCUT2D eigenvalue weighted by molar-refractivity contribution is 7.92. The Morgan fingerprint density at radius 1 is 1.07 bits per heavy atom. The van der Waals surface area contributed by atoms with Gasteiger partial charge in [-0.25, -0.2) is 8.42 Å². The van der Waals surface area contributed by atoms with Gasteiger partial charge in [-0.1, -0.05) is 25.1 Å². The highest BCUT2D eigenvalue weighted by Crippen LogP contribution is 2.22. The molecule has 8 heteroatoms. The van der Waals surface area contributed by atoms with Crippen molar-refractivity contribution >= 4 is 27.5 Å². The van der Waals surface area contributed by atoms with E-state index in [2.05, 4.69) is 10.0 Å². The third-order valence-corrected chi connectivity index (χ3v) is 6.20. The zero-order chi connectivity index (χ0) is 20.9. The Morgan fingerprint density at radius 3 is 2.41 bits per heavy atom. The molecule has 1 aliphatic heterocycles. The first-order valence-corrected chi connectivity index (χ1v) is 11.2. The van der Waals surface area contributed by atoms with Crippen LogP contribution in [0.3, 0.4) is 0 Å². The number of nitrogens with one attached hydrogen (secondary N) is 2. The van der Waals surface area contributed by atoms with E-state index in [4.69, 9.17) is 0 Å². The molecule has 2 N–H and O–H groups in total. The lowest BCUT2D eigenvalue weighted by Crippen LogP contribution is -2.46. The minimum Gasteiger partial charge on any atom is -0.354 e. The van der Waals surface area contributed by atoms with Gasteiger partial charge in [-0.15, -0.1) is 0 Å². The van der Waals surface area contributed by atoms with Crippen LogP contribution < -0.4 is 10.0 Å². The van der Waals surface area contributed by atoms with Gasteiger partial charge in [-0.05, 0) is 55.7 Å². The van der Waals surface area contributed by atoms with Gasteiger partial charge in [0.15, 0.2) is 0 Å². The van der Waals surface area contributed by atoms with E-state index in [1.54, 1.807) is 47.4 Å². The van der Waals surface area contributed by atoms with Crippen molar-refractivity contribution in [2.45, 2.75) is 37.1 Å². The summed E-state index contributed by atoms with van der Waals surface area (Å²) >= 11 is 0. The van der Waals surface area contributed by atoms with Crippen LogP contribution in [-0.2, 0) is 14.8 Å². The van der Waals surface area contributed by atoms with Crippen molar-refractivity contribution in [1.29, 1.82) is 0 Å². The Balaban J connectivity index is 1.69. The largest absolute Gasteiger partial charge is 0.354 e. The summed E-state index contributed by atoms with van der Waals surface area (Å²) in [5, 5.41) is 2.85. The van der Waals surface area contributed by atoms with Gasteiger partial charge in [0, 0.05) is 24.3 Å². The molecule has 0 aliphatic carbocycles. The molecular weight excluding hydrogens is 390 g/mol. The standard InChI is InChI=1S/C21H25N3O4S/c1-2-14-22-20(25)19-9-6-15-24(19)21(26)16-10-12-17(13-11-16)23-29(27,28)18-7-4-3-5-8-18/h3-5,7-8,10-13,19,23H,2,6,9,14-15H2,1H3,(H,22,25). The fourth-order valence-electron chi connectivity index (χ4n) is 3.31. The maximum absolute atomic E-state index is 12.9. The first kappa shape index (κ1) is 20.9. The summed E-state index contributed by atoms with van der Waals surface area (Å²) in [6.45, 7) is 3.10. The number of carbonyl (C=O) groups is 2. The van der Waals surface area contributed by atoms with Crippen LogP contribution in [0.5, 0.6) is 0 Å². The van der Waals surface area contributed by atoms with Gasteiger partial charge in [0.05, 0.1) is 4.90 Å². The molecule has 1 aliphatic rings. The Bertz CT molecular complexity index is 959. The number of benzene rings is 2. The number of nitrogens with zero attached hydrogens (tertiary/aromatic N) is 1. The Morgan fingerprint density at radius 2 is 1.76 bits per heavy atom. The Hall–Kier alpha value is -2.87. The van der Waals surface area contributed by atoms with Gasteiger partial charge in [0.1, 0.15) is 6.04 Å². The minimum absolute atomic E-state index is 0.120. The van der Waals surface area contributed by atoms with Crippen LogP contribution >= 0.6 is 0 Å². The summed E-state index contributed by atoms with van der Waals surface area (Å²) < 4.78 is 27.3. The molecule has 0 saturated carbocycles. The smallest absolute Gasteiger partial charge is 0.261 e. The summed E-state index contributed by atoms with van der Waals surface area (Å²) in [5.74, 6) is -0.346. The second kappa shape index (κ2) is 9.09. The van der Waals surface area contributed by atoms with Gasteiger partial charge in [-0.3, -0.25) is 14.3 Å². The van der Waals surface area contributed by atoms with Crippen LogP contribution in [-0.4, -0.2) is 44.3 Å².